The van der Waals surface area contributed by atoms with Crippen LogP contribution in [0.25, 0.3) is 0 Å². The molecule has 1 heterocycles. The van der Waals surface area contributed by atoms with E-state index in [9.17, 15) is 4.79 Å². The molecule has 1 saturated carbocycles. The first-order chi connectivity index (χ1) is 11.6. The zero-order valence-corrected chi connectivity index (χ0v) is 14.2. The van der Waals surface area contributed by atoms with Gasteiger partial charge in [0.25, 0.3) is 0 Å². The fraction of sp³-hybridized carbons (Fsp3) is 0.579. The van der Waals surface area contributed by atoms with Crippen molar-refractivity contribution in [3.63, 3.8) is 0 Å². The molecule has 1 aromatic rings. The van der Waals surface area contributed by atoms with Crippen LogP contribution in [0, 0.1) is 11.3 Å². The van der Waals surface area contributed by atoms with Gasteiger partial charge in [-0.2, -0.15) is 5.26 Å². The Morgan fingerprint density at radius 2 is 2.21 bits per heavy atom. The molecule has 2 unspecified atom stereocenters. The van der Waals surface area contributed by atoms with Crippen LogP contribution in [-0.2, 0) is 4.74 Å². The molecule has 1 spiro atoms. The number of carbonyl (C=O) groups excluding carboxylic acids is 1. The third-order valence-electron chi connectivity index (χ3n) is 5.21. The van der Waals surface area contributed by atoms with E-state index >= 15 is 0 Å². The van der Waals surface area contributed by atoms with E-state index < -0.39 is 0 Å². The monoisotopic (exact) mass is 327 g/mol. The van der Waals surface area contributed by atoms with E-state index in [-0.39, 0.29) is 23.7 Å². The normalized spacial score (nSPS) is 23.4. The quantitative estimate of drug-likeness (QED) is 0.893. The Morgan fingerprint density at radius 3 is 2.96 bits per heavy atom. The summed E-state index contributed by atoms with van der Waals surface area (Å²) in [7, 11) is 0. The van der Waals surface area contributed by atoms with E-state index in [0.717, 1.165) is 37.9 Å². The molecule has 0 aromatic heterocycles. The topological polar surface area (TPSA) is 74.2 Å². The molecule has 2 N–H and O–H groups in total. The Hall–Kier alpha value is -2.06. The van der Waals surface area contributed by atoms with Gasteiger partial charge in [-0.25, -0.2) is 4.79 Å². The van der Waals surface area contributed by atoms with Crippen LogP contribution in [-0.4, -0.2) is 24.3 Å². The van der Waals surface area contributed by atoms with Crippen molar-refractivity contribution in [2.45, 2.75) is 63.1 Å². The summed E-state index contributed by atoms with van der Waals surface area (Å²) < 4.78 is 6.01. The number of nitriles is 1. The highest BCUT2D eigenvalue weighted by Gasteiger charge is 2.40. The van der Waals surface area contributed by atoms with Crippen LogP contribution in [0.3, 0.4) is 0 Å². The van der Waals surface area contributed by atoms with Crippen LogP contribution >= 0.6 is 0 Å². The summed E-state index contributed by atoms with van der Waals surface area (Å²) in [5.74, 6) is 0. The maximum absolute atomic E-state index is 12.3. The van der Waals surface area contributed by atoms with Crippen LogP contribution in [0.15, 0.2) is 24.3 Å². The molecule has 2 amide bonds. The summed E-state index contributed by atoms with van der Waals surface area (Å²) in [4.78, 5) is 12.3. The number of nitrogens with one attached hydrogen (secondary N) is 2. The second-order valence-electron chi connectivity index (χ2n) is 7.01. The Labute approximate surface area is 143 Å². The van der Waals surface area contributed by atoms with Crippen molar-refractivity contribution in [3.05, 3.63) is 35.4 Å². The molecule has 5 heteroatoms. The molecule has 1 aliphatic carbocycles. The average Bonchev–Trinajstić information content (AvgIpc) is 3.02. The average molecular weight is 327 g/mol. The highest BCUT2D eigenvalue weighted by Crippen LogP contribution is 2.39. The lowest BCUT2D eigenvalue weighted by molar-refractivity contribution is -0.0820. The summed E-state index contributed by atoms with van der Waals surface area (Å²) >= 11 is 0. The molecule has 2 fully saturated rings. The minimum Gasteiger partial charge on any atom is -0.375 e. The molecule has 24 heavy (non-hydrogen) atoms. The van der Waals surface area contributed by atoms with Crippen molar-refractivity contribution < 1.29 is 9.53 Å². The predicted molar refractivity (Wildman–Crippen MR) is 91.4 cm³/mol. The van der Waals surface area contributed by atoms with Crippen LogP contribution in [0.5, 0.6) is 0 Å². The summed E-state index contributed by atoms with van der Waals surface area (Å²) in [6, 6.07) is 9.35. The predicted octanol–water partition coefficient (Wildman–Crippen LogP) is 3.41. The van der Waals surface area contributed by atoms with Crippen molar-refractivity contribution in [1.82, 2.24) is 10.6 Å². The maximum Gasteiger partial charge on any atom is 0.315 e. The van der Waals surface area contributed by atoms with Gasteiger partial charge < -0.3 is 15.4 Å². The molecule has 0 bridgehead atoms. The zero-order valence-electron chi connectivity index (χ0n) is 14.2. The van der Waals surface area contributed by atoms with Gasteiger partial charge >= 0.3 is 6.03 Å². The van der Waals surface area contributed by atoms with Gasteiger partial charge in [0.15, 0.2) is 0 Å². The fourth-order valence-electron chi connectivity index (χ4n) is 3.90. The Morgan fingerprint density at radius 1 is 1.42 bits per heavy atom. The van der Waals surface area contributed by atoms with Crippen LogP contribution in [0.2, 0.25) is 0 Å². The van der Waals surface area contributed by atoms with Gasteiger partial charge in [0.1, 0.15) is 0 Å². The molecular weight excluding hydrogens is 302 g/mol. The molecule has 128 valence electrons. The van der Waals surface area contributed by atoms with Crippen molar-refractivity contribution >= 4 is 6.03 Å². The van der Waals surface area contributed by atoms with Gasteiger partial charge in [-0.15, -0.1) is 0 Å². The number of urea groups is 1. The van der Waals surface area contributed by atoms with Gasteiger partial charge in [-0.05, 0) is 50.3 Å². The van der Waals surface area contributed by atoms with Crippen molar-refractivity contribution in [2.24, 2.45) is 0 Å². The smallest absolute Gasteiger partial charge is 0.315 e. The van der Waals surface area contributed by atoms with Gasteiger partial charge in [0, 0.05) is 12.6 Å². The number of hydrogen-bond donors (Lipinski definition) is 2. The number of nitrogens with zero attached hydrogens (tertiary/aromatic N) is 1. The number of rotatable bonds is 3. The molecule has 0 radical (unpaired) electrons. The van der Waals surface area contributed by atoms with Crippen LogP contribution in [0.4, 0.5) is 4.79 Å². The number of carbonyl (C=O) groups is 1. The summed E-state index contributed by atoms with van der Waals surface area (Å²) in [6.45, 7) is 2.66. The second-order valence-corrected chi connectivity index (χ2v) is 7.01. The molecule has 1 aliphatic heterocycles. The molecule has 1 saturated heterocycles. The SMILES string of the molecule is CC(NC(=O)NC1CCOC2(CCCC2)C1)c1cccc(C#N)c1. The number of amides is 2. The second kappa shape index (κ2) is 7.23. The first kappa shape index (κ1) is 16.8. The summed E-state index contributed by atoms with van der Waals surface area (Å²) in [5, 5.41) is 15.1. The number of hydrogen-bond acceptors (Lipinski definition) is 3. The van der Waals surface area contributed by atoms with E-state index in [1.807, 2.05) is 25.1 Å². The number of ether oxygens (including phenoxy) is 1. The van der Waals surface area contributed by atoms with E-state index in [4.69, 9.17) is 10.00 Å². The van der Waals surface area contributed by atoms with Gasteiger partial charge in [0.05, 0.1) is 23.3 Å². The number of benzene rings is 1. The fourth-order valence-corrected chi connectivity index (χ4v) is 3.90. The Balaban J connectivity index is 1.54. The molecule has 2 atom stereocenters. The minimum absolute atomic E-state index is 0.00292. The largest absolute Gasteiger partial charge is 0.375 e. The minimum atomic E-state index is -0.148. The first-order valence-corrected chi connectivity index (χ1v) is 8.81. The zero-order chi connectivity index (χ0) is 17.0. The summed E-state index contributed by atoms with van der Waals surface area (Å²) in [5.41, 5.74) is 1.54. The lowest BCUT2D eigenvalue weighted by Gasteiger charge is -2.38. The summed E-state index contributed by atoms with van der Waals surface area (Å²) in [6.07, 6.45) is 6.47. The Kier molecular flexibility index (Phi) is 5.06. The highest BCUT2D eigenvalue weighted by atomic mass is 16.5. The molecule has 1 aromatic carbocycles. The molecular formula is C19H25N3O2. The molecule has 3 rings (SSSR count). The lowest BCUT2D eigenvalue weighted by Crippen LogP contribution is -2.50. The van der Waals surface area contributed by atoms with Gasteiger partial charge in [-0.1, -0.05) is 25.0 Å². The maximum atomic E-state index is 12.3. The molecule has 2 aliphatic rings. The van der Waals surface area contributed by atoms with Crippen LogP contribution < -0.4 is 10.6 Å². The standard InChI is InChI=1S/C19H25N3O2/c1-14(16-6-4-5-15(11-16)13-20)21-18(23)22-17-7-10-24-19(12-17)8-2-3-9-19/h4-6,11,14,17H,2-3,7-10,12H2,1H3,(H2,21,22,23). The first-order valence-electron chi connectivity index (χ1n) is 8.81. The van der Waals surface area contributed by atoms with Crippen molar-refractivity contribution in [1.29, 1.82) is 5.26 Å². The Bertz CT molecular complexity index is 632. The van der Waals surface area contributed by atoms with Gasteiger partial charge in [0.2, 0.25) is 0 Å². The van der Waals surface area contributed by atoms with Gasteiger partial charge in [-0.3, -0.25) is 0 Å². The van der Waals surface area contributed by atoms with E-state index in [2.05, 4.69) is 16.7 Å². The third kappa shape index (κ3) is 3.88. The molecule has 5 nitrogen and oxygen atoms in total. The van der Waals surface area contributed by atoms with Crippen molar-refractivity contribution in [3.8, 4) is 6.07 Å². The van der Waals surface area contributed by atoms with E-state index in [1.54, 1.807) is 6.07 Å². The van der Waals surface area contributed by atoms with E-state index in [1.165, 1.54) is 12.8 Å². The highest BCUT2D eigenvalue weighted by molar-refractivity contribution is 5.74. The third-order valence-corrected chi connectivity index (χ3v) is 5.21. The van der Waals surface area contributed by atoms with E-state index in [0.29, 0.717) is 5.56 Å². The van der Waals surface area contributed by atoms with Crippen LogP contribution in [0.1, 0.15) is 62.6 Å². The lowest BCUT2D eigenvalue weighted by atomic mass is 9.89. The van der Waals surface area contributed by atoms with Crippen molar-refractivity contribution in [2.75, 3.05) is 6.61 Å².